The molecule has 0 bridgehead atoms. The molecule has 1 heterocycles. The SMILES string of the molecule is CCCCC1CC(NCC(F)F)CN(C(C)=O)C1. The predicted octanol–water partition coefficient (Wildman–Crippen LogP) is 2.27. The predicted molar refractivity (Wildman–Crippen MR) is 67.7 cm³/mol. The second-order valence-corrected chi connectivity index (χ2v) is 5.16. The highest BCUT2D eigenvalue weighted by atomic mass is 19.3. The van der Waals surface area contributed by atoms with Crippen LogP contribution in [0.25, 0.3) is 0 Å². The number of carbonyl (C=O) groups is 1. The van der Waals surface area contributed by atoms with Crippen molar-refractivity contribution < 1.29 is 13.6 Å². The number of alkyl halides is 2. The molecule has 1 aliphatic heterocycles. The lowest BCUT2D eigenvalue weighted by Gasteiger charge is -2.38. The number of carbonyl (C=O) groups excluding carboxylic acids is 1. The normalized spacial score (nSPS) is 24.6. The second kappa shape index (κ2) is 7.67. The van der Waals surface area contributed by atoms with Crippen LogP contribution in [-0.2, 0) is 4.79 Å². The molecule has 0 aromatic heterocycles. The Bertz CT molecular complexity index is 261. The van der Waals surface area contributed by atoms with Gasteiger partial charge in [0.15, 0.2) is 0 Å². The Hall–Kier alpha value is -0.710. The largest absolute Gasteiger partial charge is 0.341 e. The molecule has 0 spiro atoms. The fourth-order valence-corrected chi connectivity index (χ4v) is 2.57. The summed E-state index contributed by atoms with van der Waals surface area (Å²) in [6.45, 7) is 4.74. The first-order chi connectivity index (χ1) is 8.52. The topological polar surface area (TPSA) is 32.3 Å². The van der Waals surface area contributed by atoms with E-state index in [9.17, 15) is 13.6 Å². The van der Waals surface area contributed by atoms with E-state index in [0.29, 0.717) is 12.5 Å². The van der Waals surface area contributed by atoms with Crippen LogP contribution < -0.4 is 5.32 Å². The minimum atomic E-state index is -2.33. The monoisotopic (exact) mass is 262 g/mol. The van der Waals surface area contributed by atoms with Crippen LogP contribution in [0.5, 0.6) is 0 Å². The zero-order valence-corrected chi connectivity index (χ0v) is 11.3. The summed E-state index contributed by atoms with van der Waals surface area (Å²) < 4.78 is 24.4. The lowest BCUT2D eigenvalue weighted by molar-refractivity contribution is -0.131. The molecule has 18 heavy (non-hydrogen) atoms. The number of unbranched alkanes of at least 4 members (excludes halogenated alkanes) is 1. The summed E-state index contributed by atoms with van der Waals surface area (Å²) in [7, 11) is 0. The molecule has 0 aliphatic carbocycles. The molecule has 5 heteroatoms. The average Bonchev–Trinajstić information content (AvgIpc) is 2.33. The maximum absolute atomic E-state index is 12.2. The van der Waals surface area contributed by atoms with E-state index in [0.717, 1.165) is 32.2 Å². The van der Waals surface area contributed by atoms with Gasteiger partial charge in [-0.25, -0.2) is 8.78 Å². The van der Waals surface area contributed by atoms with Crippen LogP contribution in [0, 0.1) is 5.92 Å². The first kappa shape index (κ1) is 15.3. The first-order valence-electron chi connectivity index (χ1n) is 6.80. The number of hydrogen-bond donors (Lipinski definition) is 1. The van der Waals surface area contributed by atoms with Crippen molar-refractivity contribution in [2.45, 2.75) is 52.0 Å². The Labute approximate surface area is 108 Å². The smallest absolute Gasteiger partial charge is 0.250 e. The number of nitrogens with zero attached hydrogens (tertiary/aromatic N) is 1. The van der Waals surface area contributed by atoms with Crippen LogP contribution in [0.1, 0.15) is 39.5 Å². The van der Waals surface area contributed by atoms with Crippen molar-refractivity contribution >= 4 is 5.91 Å². The molecule has 1 N–H and O–H groups in total. The Kier molecular flexibility index (Phi) is 6.54. The highest BCUT2D eigenvalue weighted by Gasteiger charge is 2.28. The Balaban J connectivity index is 2.48. The summed E-state index contributed by atoms with van der Waals surface area (Å²) >= 11 is 0. The number of amides is 1. The molecule has 2 atom stereocenters. The summed E-state index contributed by atoms with van der Waals surface area (Å²) in [5.41, 5.74) is 0. The van der Waals surface area contributed by atoms with Crippen LogP contribution in [0.3, 0.4) is 0 Å². The molecule has 2 unspecified atom stereocenters. The molecule has 1 amide bonds. The number of likely N-dealkylation sites (tertiary alicyclic amines) is 1. The Morgan fingerprint density at radius 3 is 2.72 bits per heavy atom. The van der Waals surface area contributed by atoms with Crippen molar-refractivity contribution in [3.63, 3.8) is 0 Å². The molecular weight excluding hydrogens is 238 g/mol. The van der Waals surface area contributed by atoms with Gasteiger partial charge in [-0.3, -0.25) is 4.79 Å². The van der Waals surface area contributed by atoms with E-state index >= 15 is 0 Å². The first-order valence-corrected chi connectivity index (χ1v) is 6.80. The zero-order chi connectivity index (χ0) is 13.5. The summed E-state index contributed by atoms with van der Waals surface area (Å²) in [5.74, 6) is 0.484. The van der Waals surface area contributed by atoms with Crippen LogP contribution >= 0.6 is 0 Å². The fourth-order valence-electron chi connectivity index (χ4n) is 2.57. The van der Waals surface area contributed by atoms with Crippen LogP contribution in [-0.4, -0.2) is 42.9 Å². The van der Waals surface area contributed by atoms with E-state index in [1.807, 2.05) is 0 Å². The second-order valence-electron chi connectivity index (χ2n) is 5.16. The van der Waals surface area contributed by atoms with Gasteiger partial charge in [0, 0.05) is 26.1 Å². The number of halogens is 2. The molecule has 0 aromatic rings. The minimum absolute atomic E-state index is 0.0125. The van der Waals surface area contributed by atoms with E-state index in [1.54, 1.807) is 11.8 Å². The van der Waals surface area contributed by atoms with Gasteiger partial charge in [-0.15, -0.1) is 0 Å². The Morgan fingerprint density at radius 1 is 1.44 bits per heavy atom. The quantitative estimate of drug-likeness (QED) is 0.796. The lowest BCUT2D eigenvalue weighted by Crippen LogP contribution is -2.51. The van der Waals surface area contributed by atoms with Crippen molar-refractivity contribution in [2.75, 3.05) is 19.6 Å². The molecule has 0 aromatic carbocycles. The van der Waals surface area contributed by atoms with E-state index in [-0.39, 0.29) is 18.5 Å². The fraction of sp³-hybridized carbons (Fsp3) is 0.923. The van der Waals surface area contributed by atoms with Gasteiger partial charge >= 0.3 is 0 Å². The average molecular weight is 262 g/mol. The third-order valence-electron chi connectivity index (χ3n) is 3.51. The molecular formula is C13H24F2N2O. The van der Waals surface area contributed by atoms with Crippen LogP contribution in [0.15, 0.2) is 0 Å². The summed E-state index contributed by atoms with van der Waals surface area (Å²) in [4.78, 5) is 13.2. The van der Waals surface area contributed by atoms with Crippen LogP contribution in [0.4, 0.5) is 8.78 Å². The zero-order valence-electron chi connectivity index (χ0n) is 11.3. The number of rotatable bonds is 6. The molecule has 0 saturated carbocycles. The molecule has 3 nitrogen and oxygen atoms in total. The van der Waals surface area contributed by atoms with Gasteiger partial charge in [0.2, 0.25) is 5.91 Å². The van der Waals surface area contributed by atoms with Crippen molar-refractivity contribution in [2.24, 2.45) is 5.92 Å². The number of hydrogen-bond acceptors (Lipinski definition) is 2. The molecule has 106 valence electrons. The van der Waals surface area contributed by atoms with E-state index < -0.39 is 6.43 Å². The molecule has 0 radical (unpaired) electrons. The molecule has 1 rings (SSSR count). The Morgan fingerprint density at radius 2 is 2.17 bits per heavy atom. The van der Waals surface area contributed by atoms with Gasteiger partial charge in [0.25, 0.3) is 6.43 Å². The highest BCUT2D eigenvalue weighted by molar-refractivity contribution is 5.73. The summed E-state index contributed by atoms with van der Waals surface area (Å²) in [5, 5.41) is 2.87. The number of nitrogens with one attached hydrogen (secondary N) is 1. The van der Waals surface area contributed by atoms with Gasteiger partial charge < -0.3 is 10.2 Å². The van der Waals surface area contributed by atoms with Crippen molar-refractivity contribution in [3.8, 4) is 0 Å². The van der Waals surface area contributed by atoms with Crippen molar-refractivity contribution in [3.05, 3.63) is 0 Å². The molecule has 1 saturated heterocycles. The summed E-state index contributed by atoms with van der Waals surface area (Å²) in [6, 6.07) is 0.0125. The third kappa shape index (κ3) is 5.29. The maximum Gasteiger partial charge on any atom is 0.250 e. The van der Waals surface area contributed by atoms with Crippen LogP contribution in [0.2, 0.25) is 0 Å². The molecule has 1 aliphatic rings. The standard InChI is InChI=1S/C13H24F2N2O/c1-3-4-5-11-6-12(16-7-13(14)15)9-17(8-11)10(2)18/h11-13,16H,3-9H2,1-2H3. The molecule has 1 fully saturated rings. The summed E-state index contributed by atoms with van der Waals surface area (Å²) in [6.07, 6.45) is 1.92. The number of piperidine rings is 1. The third-order valence-corrected chi connectivity index (χ3v) is 3.51. The van der Waals surface area contributed by atoms with E-state index in [4.69, 9.17) is 0 Å². The van der Waals surface area contributed by atoms with Crippen molar-refractivity contribution in [1.82, 2.24) is 10.2 Å². The highest BCUT2D eigenvalue weighted by Crippen LogP contribution is 2.22. The van der Waals surface area contributed by atoms with Gasteiger partial charge in [-0.05, 0) is 18.8 Å². The minimum Gasteiger partial charge on any atom is -0.341 e. The van der Waals surface area contributed by atoms with Gasteiger partial charge in [0.05, 0.1) is 6.54 Å². The van der Waals surface area contributed by atoms with E-state index in [1.165, 1.54) is 0 Å². The van der Waals surface area contributed by atoms with E-state index in [2.05, 4.69) is 12.2 Å². The van der Waals surface area contributed by atoms with Crippen molar-refractivity contribution in [1.29, 1.82) is 0 Å². The maximum atomic E-state index is 12.2. The van der Waals surface area contributed by atoms with Gasteiger partial charge in [-0.2, -0.15) is 0 Å². The van der Waals surface area contributed by atoms with Gasteiger partial charge in [0.1, 0.15) is 0 Å². The lowest BCUT2D eigenvalue weighted by atomic mass is 9.90. The van der Waals surface area contributed by atoms with Gasteiger partial charge in [-0.1, -0.05) is 19.8 Å².